The van der Waals surface area contributed by atoms with E-state index in [9.17, 15) is 0 Å². The van der Waals surface area contributed by atoms with Crippen LogP contribution in [-0.4, -0.2) is 28.5 Å². The predicted octanol–water partition coefficient (Wildman–Crippen LogP) is 3.69. The summed E-state index contributed by atoms with van der Waals surface area (Å²) in [5, 5.41) is 3.30. The average Bonchev–Trinajstić information content (AvgIpc) is 2.76. The fourth-order valence-corrected chi connectivity index (χ4v) is 3.68. The molecule has 0 aliphatic carbocycles. The first-order valence-electron chi connectivity index (χ1n) is 6.45. The number of likely N-dealkylation sites (tertiary alicyclic amines) is 1. The van der Waals surface area contributed by atoms with Gasteiger partial charge in [-0.15, -0.1) is 22.9 Å². The fraction of sp³-hybridized carbons (Fsp3) is 0.769. The second-order valence-electron chi connectivity index (χ2n) is 4.98. The van der Waals surface area contributed by atoms with Crippen LogP contribution in [0.25, 0.3) is 0 Å². The van der Waals surface area contributed by atoms with Gasteiger partial charge < -0.3 is 0 Å². The van der Waals surface area contributed by atoms with Crippen molar-refractivity contribution in [2.75, 3.05) is 6.54 Å². The summed E-state index contributed by atoms with van der Waals surface area (Å²) >= 11 is 7.51. The van der Waals surface area contributed by atoms with Crippen LogP contribution >= 0.6 is 22.9 Å². The van der Waals surface area contributed by atoms with Crippen LogP contribution in [0.2, 0.25) is 0 Å². The van der Waals surface area contributed by atoms with Gasteiger partial charge in [0.2, 0.25) is 0 Å². The second kappa shape index (κ2) is 6.17. The lowest BCUT2D eigenvalue weighted by molar-refractivity contribution is 0.105. The SMILES string of the molecule is CC1CCCC(C)N1CCc1nc(CCl)cs1. The molecule has 96 valence electrons. The van der Waals surface area contributed by atoms with E-state index in [1.54, 1.807) is 11.3 Å². The van der Waals surface area contributed by atoms with Crippen molar-refractivity contribution in [2.24, 2.45) is 0 Å². The van der Waals surface area contributed by atoms with Gasteiger partial charge in [-0.05, 0) is 26.7 Å². The maximum absolute atomic E-state index is 5.77. The lowest BCUT2D eigenvalue weighted by atomic mass is 9.97. The number of hydrogen-bond acceptors (Lipinski definition) is 3. The van der Waals surface area contributed by atoms with Gasteiger partial charge in [-0.1, -0.05) is 6.42 Å². The van der Waals surface area contributed by atoms with Crippen molar-refractivity contribution in [3.63, 3.8) is 0 Å². The van der Waals surface area contributed by atoms with Gasteiger partial charge in [-0.25, -0.2) is 4.98 Å². The number of aromatic nitrogens is 1. The average molecular weight is 273 g/mol. The third-order valence-corrected chi connectivity index (χ3v) is 4.93. The molecule has 0 amide bonds. The zero-order chi connectivity index (χ0) is 12.3. The summed E-state index contributed by atoms with van der Waals surface area (Å²) in [4.78, 5) is 7.15. The van der Waals surface area contributed by atoms with Crippen LogP contribution in [0, 0.1) is 0 Å². The van der Waals surface area contributed by atoms with Gasteiger partial charge in [0.25, 0.3) is 0 Å². The third kappa shape index (κ3) is 3.43. The standard InChI is InChI=1S/C13H21ClN2S/c1-10-4-3-5-11(2)16(10)7-6-13-15-12(8-14)9-17-13/h9-11H,3-8H2,1-2H3. The molecule has 2 nitrogen and oxygen atoms in total. The minimum absolute atomic E-state index is 0.535. The molecule has 2 unspecified atom stereocenters. The third-order valence-electron chi connectivity index (χ3n) is 3.70. The number of nitrogens with zero attached hydrogens (tertiary/aromatic N) is 2. The van der Waals surface area contributed by atoms with Crippen molar-refractivity contribution in [1.29, 1.82) is 0 Å². The molecule has 0 spiro atoms. The van der Waals surface area contributed by atoms with Gasteiger partial charge in [0, 0.05) is 30.4 Å². The molecule has 2 atom stereocenters. The molecule has 1 aromatic rings. The summed E-state index contributed by atoms with van der Waals surface area (Å²) in [6.45, 7) is 5.83. The Bertz CT molecular complexity index is 343. The molecular formula is C13H21ClN2S. The Morgan fingerprint density at radius 3 is 2.71 bits per heavy atom. The number of halogens is 1. The number of rotatable bonds is 4. The topological polar surface area (TPSA) is 16.1 Å². The van der Waals surface area contributed by atoms with Crippen LogP contribution in [0.15, 0.2) is 5.38 Å². The van der Waals surface area contributed by atoms with Crippen molar-refractivity contribution in [3.8, 4) is 0 Å². The summed E-state index contributed by atoms with van der Waals surface area (Å²) in [7, 11) is 0. The molecule has 0 aromatic carbocycles. The normalized spacial score (nSPS) is 26.3. The zero-order valence-electron chi connectivity index (χ0n) is 10.7. The molecule has 1 aliphatic rings. The van der Waals surface area contributed by atoms with Crippen molar-refractivity contribution in [1.82, 2.24) is 9.88 Å². The highest BCUT2D eigenvalue weighted by atomic mass is 35.5. The van der Waals surface area contributed by atoms with E-state index in [1.807, 2.05) is 0 Å². The van der Waals surface area contributed by atoms with E-state index in [-0.39, 0.29) is 0 Å². The summed E-state index contributed by atoms with van der Waals surface area (Å²) in [6, 6.07) is 1.46. The molecule has 1 aromatic heterocycles. The predicted molar refractivity (Wildman–Crippen MR) is 74.9 cm³/mol. The lowest BCUT2D eigenvalue weighted by Crippen LogP contribution is -2.44. The number of hydrogen-bond donors (Lipinski definition) is 0. The Morgan fingerprint density at radius 2 is 2.12 bits per heavy atom. The smallest absolute Gasteiger partial charge is 0.0941 e. The maximum Gasteiger partial charge on any atom is 0.0941 e. The molecule has 0 N–H and O–H groups in total. The van der Waals surface area contributed by atoms with Crippen LogP contribution < -0.4 is 0 Å². The highest BCUT2D eigenvalue weighted by Gasteiger charge is 2.24. The molecule has 1 aliphatic heterocycles. The summed E-state index contributed by atoms with van der Waals surface area (Å²) < 4.78 is 0. The first-order chi connectivity index (χ1) is 8.20. The van der Waals surface area contributed by atoms with E-state index >= 15 is 0 Å². The Kier molecular flexibility index (Phi) is 4.83. The van der Waals surface area contributed by atoms with Crippen molar-refractivity contribution in [3.05, 3.63) is 16.1 Å². The largest absolute Gasteiger partial charge is 0.298 e. The second-order valence-corrected chi connectivity index (χ2v) is 6.19. The van der Waals surface area contributed by atoms with E-state index in [1.165, 1.54) is 24.3 Å². The Hall–Kier alpha value is -0.120. The fourth-order valence-electron chi connectivity index (χ4n) is 2.67. The summed E-state index contributed by atoms with van der Waals surface area (Å²) in [5.74, 6) is 0.535. The maximum atomic E-state index is 5.77. The molecule has 0 radical (unpaired) electrons. The highest BCUT2D eigenvalue weighted by molar-refractivity contribution is 7.09. The first kappa shape index (κ1) is 13.3. The van der Waals surface area contributed by atoms with Gasteiger partial charge >= 0.3 is 0 Å². The number of piperidine rings is 1. The van der Waals surface area contributed by atoms with E-state index in [0.29, 0.717) is 5.88 Å². The van der Waals surface area contributed by atoms with Crippen molar-refractivity contribution >= 4 is 22.9 Å². The Labute approximate surface area is 113 Å². The number of thiazole rings is 1. The summed E-state index contributed by atoms with van der Waals surface area (Å²) in [6.07, 6.45) is 5.13. The molecule has 1 saturated heterocycles. The van der Waals surface area contributed by atoms with Gasteiger partial charge in [0.05, 0.1) is 16.6 Å². The molecule has 2 rings (SSSR count). The Balaban J connectivity index is 1.87. The van der Waals surface area contributed by atoms with Crippen LogP contribution in [0.1, 0.15) is 43.8 Å². The number of alkyl halides is 1. The summed E-state index contributed by atoms with van der Waals surface area (Å²) in [5.41, 5.74) is 1.02. The Morgan fingerprint density at radius 1 is 1.41 bits per heavy atom. The van der Waals surface area contributed by atoms with E-state index < -0.39 is 0 Å². The van der Waals surface area contributed by atoms with E-state index in [2.05, 4.69) is 29.1 Å². The van der Waals surface area contributed by atoms with Crippen molar-refractivity contribution < 1.29 is 0 Å². The molecule has 4 heteroatoms. The van der Waals surface area contributed by atoms with Crippen molar-refractivity contribution in [2.45, 2.75) is 57.5 Å². The van der Waals surface area contributed by atoms with Crippen LogP contribution in [0.4, 0.5) is 0 Å². The van der Waals surface area contributed by atoms with Crippen LogP contribution in [-0.2, 0) is 12.3 Å². The van der Waals surface area contributed by atoms with Crippen LogP contribution in [0.3, 0.4) is 0 Å². The van der Waals surface area contributed by atoms with Crippen LogP contribution in [0.5, 0.6) is 0 Å². The minimum atomic E-state index is 0.535. The molecule has 1 fully saturated rings. The molecule has 2 heterocycles. The highest BCUT2D eigenvalue weighted by Crippen LogP contribution is 2.23. The lowest BCUT2D eigenvalue weighted by Gasteiger charge is -2.38. The monoisotopic (exact) mass is 272 g/mol. The first-order valence-corrected chi connectivity index (χ1v) is 7.87. The molecule has 0 saturated carbocycles. The van der Waals surface area contributed by atoms with E-state index in [0.717, 1.165) is 30.7 Å². The quantitative estimate of drug-likeness (QED) is 0.777. The van der Waals surface area contributed by atoms with Gasteiger partial charge in [0.15, 0.2) is 0 Å². The minimum Gasteiger partial charge on any atom is -0.298 e. The zero-order valence-corrected chi connectivity index (χ0v) is 12.2. The van der Waals surface area contributed by atoms with E-state index in [4.69, 9.17) is 11.6 Å². The van der Waals surface area contributed by atoms with Gasteiger partial charge in [-0.2, -0.15) is 0 Å². The molecule has 0 bridgehead atoms. The van der Waals surface area contributed by atoms with Gasteiger partial charge in [-0.3, -0.25) is 4.90 Å². The molecular weight excluding hydrogens is 252 g/mol. The van der Waals surface area contributed by atoms with Gasteiger partial charge in [0.1, 0.15) is 0 Å². The molecule has 17 heavy (non-hydrogen) atoms.